The van der Waals surface area contributed by atoms with E-state index in [9.17, 15) is 13.2 Å². The van der Waals surface area contributed by atoms with Crippen molar-refractivity contribution in [2.45, 2.75) is 18.2 Å². The number of para-hydroxylation sites is 1. The van der Waals surface area contributed by atoms with Crippen LogP contribution < -0.4 is 20.3 Å². The van der Waals surface area contributed by atoms with E-state index in [4.69, 9.17) is 15.7 Å². The van der Waals surface area contributed by atoms with E-state index < -0.39 is 15.9 Å². The van der Waals surface area contributed by atoms with Gasteiger partial charge < -0.3 is 10.5 Å². The van der Waals surface area contributed by atoms with Crippen LogP contribution in [-0.2, 0) is 10.0 Å². The summed E-state index contributed by atoms with van der Waals surface area (Å²) >= 11 is 0. The minimum Gasteiger partial charge on any atom is -0.494 e. The van der Waals surface area contributed by atoms with Gasteiger partial charge in [-0.05, 0) is 55.8 Å². The standard InChI is InChI=1S/C18H23N3O5S/c1-13-5-3-6-16(18(22)20-23)17(13)21(2)27(24,25)15-9-7-14(8-10-15)26-12-4-11-19/h3,5-10,23H,4,11-12,19H2,1-2H3,(H,20,22). The number of ether oxygens (including phenoxy) is 1. The molecule has 9 heteroatoms. The summed E-state index contributed by atoms with van der Waals surface area (Å²) in [5.74, 6) is -0.249. The van der Waals surface area contributed by atoms with Crippen LogP contribution in [0.15, 0.2) is 47.4 Å². The van der Waals surface area contributed by atoms with Gasteiger partial charge in [0.25, 0.3) is 15.9 Å². The average molecular weight is 393 g/mol. The third-order valence-corrected chi connectivity index (χ3v) is 5.77. The molecule has 146 valence electrons. The Morgan fingerprint density at radius 1 is 1.22 bits per heavy atom. The number of rotatable bonds is 8. The lowest BCUT2D eigenvalue weighted by molar-refractivity contribution is 0.0707. The van der Waals surface area contributed by atoms with Crippen molar-refractivity contribution in [2.24, 2.45) is 5.73 Å². The number of nitrogens with two attached hydrogens (primary N) is 1. The number of benzene rings is 2. The Morgan fingerprint density at radius 3 is 2.48 bits per heavy atom. The smallest absolute Gasteiger partial charge is 0.276 e. The van der Waals surface area contributed by atoms with Crippen molar-refractivity contribution in [3.63, 3.8) is 0 Å². The number of hydroxylamine groups is 1. The molecule has 4 N–H and O–H groups in total. The van der Waals surface area contributed by atoms with Gasteiger partial charge in [-0.25, -0.2) is 13.9 Å². The molecule has 2 aromatic carbocycles. The summed E-state index contributed by atoms with van der Waals surface area (Å²) in [6.07, 6.45) is 0.700. The Hall–Kier alpha value is -2.62. The Labute approximate surface area is 158 Å². The molecule has 0 saturated carbocycles. The summed E-state index contributed by atoms with van der Waals surface area (Å²) < 4.78 is 32.5. The van der Waals surface area contributed by atoms with Crippen molar-refractivity contribution in [1.29, 1.82) is 0 Å². The van der Waals surface area contributed by atoms with Crippen LogP contribution in [0.4, 0.5) is 5.69 Å². The highest BCUT2D eigenvalue weighted by Crippen LogP contribution is 2.29. The molecule has 0 aliphatic rings. The van der Waals surface area contributed by atoms with Gasteiger partial charge in [-0.3, -0.25) is 14.3 Å². The first-order chi connectivity index (χ1) is 12.8. The van der Waals surface area contributed by atoms with Crippen LogP contribution in [0.1, 0.15) is 22.3 Å². The number of nitrogens with zero attached hydrogens (tertiary/aromatic N) is 1. The van der Waals surface area contributed by atoms with E-state index in [-0.39, 0.29) is 16.1 Å². The first kappa shape index (κ1) is 20.7. The maximum Gasteiger partial charge on any atom is 0.276 e. The van der Waals surface area contributed by atoms with Crippen LogP contribution in [0.3, 0.4) is 0 Å². The van der Waals surface area contributed by atoms with E-state index in [0.717, 1.165) is 4.31 Å². The molecule has 0 aromatic heterocycles. The largest absolute Gasteiger partial charge is 0.494 e. The predicted octanol–water partition coefficient (Wildman–Crippen LogP) is 1.67. The molecule has 8 nitrogen and oxygen atoms in total. The molecule has 2 rings (SSSR count). The van der Waals surface area contributed by atoms with E-state index in [2.05, 4.69) is 0 Å². The van der Waals surface area contributed by atoms with Gasteiger partial charge in [0.05, 0.1) is 22.8 Å². The Morgan fingerprint density at radius 2 is 1.89 bits per heavy atom. The summed E-state index contributed by atoms with van der Waals surface area (Å²) in [6.45, 7) is 2.65. The molecular weight excluding hydrogens is 370 g/mol. The second-order valence-corrected chi connectivity index (χ2v) is 7.82. The van der Waals surface area contributed by atoms with Crippen LogP contribution >= 0.6 is 0 Å². The molecule has 0 radical (unpaired) electrons. The molecule has 0 spiro atoms. The molecule has 0 aliphatic heterocycles. The summed E-state index contributed by atoms with van der Waals surface area (Å²) in [4.78, 5) is 12.0. The topological polar surface area (TPSA) is 122 Å². The maximum absolute atomic E-state index is 13.0. The molecule has 0 saturated heterocycles. The monoisotopic (exact) mass is 393 g/mol. The summed E-state index contributed by atoms with van der Waals surface area (Å²) in [5.41, 5.74) is 7.76. The minimum absolute atomic E-state index is 0.0466. The molecule has 0 fully saturated rings. The molecule has 27 heavy (non-hydrogen) atoms. The van der Waals surface area contributed by atoms with E-state index >= 15 is 0 Å². The zero-order chi connectivity index (χ0) is 20.0. The number of sulfonamides is 1. The fraction of sp³-hybridized carbons (Fsp3) is 0.278. The zero-order valence-corrected chi connectivity index (χ0v) is 16.0. The highest BCUT2D eigenvalue weighted by molar-refractivity contribution is 7.92. The molecule has 1 amide bonds. The molecule has 0 heterocycles. The second kappa shape index (κ2) is 8.85. The average Bonchev–Trinajstić information content (AvgIpc) is 2.67. The number of anilines is 1. The first-order valence-electron chi connectivity index (χ1n) is 8.29. The zero-order valence-electron chi connectivity index (χ0n) is 15.2. The van der Waals surface area contributed by atoms with Gasteiger partial charge in [0.1, 0.15) is 5.75 Å². The molecule has 0 aliphatic carbocycles. The minimum atomic E-state index is -3.92. The van der Waals surface area contributed by atoms with Gasteiger partial charge in [0, 0.05) is 7.05 Å². The Balaban J connectivity index is 2.36. The van der Waals surface area contributed by atoms with Gasteiger partial charge in [0.15, 0.2) is 0 Å². The normalized spacial score (nSPS) is 11.1. The lowest BCUT2D eigenvalue weighted by Gasteiger charge is -2.23. The summed E-state index contributed by atoms with van der Waals surface area (Å²) in [5, 5.41) is 8.94. The number of hydrogen-bond donors (Lipinski definition) is 3. The number of nitrogens with one attached hydrogen (secondary N) is 1. The number of carbonyl (C=O) groups is 1. The fourth-order valence-electron chi connectivity index (χ4n) is 2.58. The van der Waals surface area contributed by atoms with Crippen LogP contribution in [0.25, 0.3) is 0 Å². The lowest BCUT2D eigenvalue weighted by atomic mass is 10.1. The van der Waals surface area contributed by atoms with Crippen molar-refractivity contribution in [3.05, 3.63) is 53.6 Å². The predicted molar refractivity (Wildman–Crippen MR) is 102 cm³/mol. The first-order valence-corrected chi connectivity index (χ1v) is 9.73. The van der Waals surface area contributed by atoms with Gasteiger partial charge in [-0.2, -0.15) is 0 Å². The number of hydrogen-bond acceptors (Lipinski definition) is 6. The molecule has 0 atom stereocenters. The highest BCUT2D eigenvalue weighted by atomic mass is 32.2. The van der Waals surface area contributed by atoms with E-state index in [1.807, 2.05) is 0 Å². The molecule has 0 unspecified atom stereocenters. The Bertz CT molecular complexity index is 898. The molecule has 2 aromatic rings. The Kier molecular flexibility index (Phi) is 6.78. The third kappa shape index (κ3) is 4.57. The molecule has 0 bridgehead atoms. The van der Waals surface area contributed by atoms with Crippen LogP contribution in [0, 0.1) is 6.92 Å². The number of aryl methyl sites for hydroxylation is 1. The van der Waals surface area contributed by atoms with Crippen molar-refractivity contribution < 1.29 is 23.2 Å². The van der Waals surface area contributed by atoms with E-state index in [1.165, 1.54) is 25.2 Å². The van der Waals surface area contributed by atoms with Crippen molar-refractivity contribution in [1.82, 2.24) is 5.48 Å². The summed E-state index contributed by atoms with van der Waals surface area (Å²) in [6, 6.07) is 10.7. The quantitative estimate of drug-likeness (QED) is 0.356. The third-order valence-electron chi connectivity index (χ3n) is 4.00. The lowest BCUT2D eigenvalue weighted by Crippen LogP contribution is -2.30. The fourth-order valence-corrected chi connectivity index (χ4v) is 3.86. The van der Waals surface area contributed by atoms with Crippen molar-refractivity contribution in [2.75, 3.05) is 24.5 Å². The number of carbonyl (C=O) groups excluding carboxylic acids is 1. The highest BCUT2D eigenvalue weighted by Gasteiger charge is 2.26. The molecular formula is C18H23N3O5S. The van der Waals surface area contributed by atoms with E-state index in [1.54, 1.807) is 36.7 Å². The summed E-state index contributed by atoms with van der Waals surface area (Å²) in [7, 11) is -2.57. The van der Waals surface area contributed by atoms with E-state index in [0.29, 0.717) is 30.9 Å². The SMILES string of the molecule is Cc1cccc(C(=O)NO)c1N(C)S(=O)(=O)c1ccc(OCCCN)cc1. The van der Waals surface area contributed by atoms with Crippen LogP contribution in [0.2, 0.25) is 0 Å². The van der Waals surface area contributed by atoms with Crippen molar-refractivity contribution in [3.8, 4) is 5.75 Å². The van der Waals surface area contributed by atoms with Crippen molar-refractivity contribution >= 4 is 21.6 Å². The van der Waals surface area contributed by atoms with Gasteiger partial charge >= 0.3 is 0 Å². The van der Waals surface area contributed by atoms with Crippen LogP contribution in [0.5, 0.6) is 5.75 Å². The number of amides is 1. The van der Waals surface area contributed by atoms with Gasteiger partial charge in [0.2, 0.25) is 0 Å². The second-order valence-electron chi connectivity index (χ2n) is 5.85. The van der Waals surface area contributed by atoms with Gasteiger partial charge in [-0.15, -0.1) is 0 Å². The van der Waals surface area contributed by atoms with Gasteiger partial charge in [-0.1, -0.05) is 12.1 Å². The van der Waals surface area contributed by atoms with Crippen LogP contribution in [-0.4, -0.2) is 39.7 Å². The maximum atomic E-state index is 13.0.